The van der Waals surface area contributed by atoms with Crippen molar-refractivity contribution in [1.29, 1.82) is 0 Å². The summed E-state index contributed by atoms with van der Waals surface area (Å²) in [5.41, 5.74) is 6.96. The van der Waals surface area contributed by atoms with E-state index in [1.807, 2.05) is 14.1 Å². The Bertz CT molecular complexity index is 476. The van der Waals surface area contributed by atoms with Crippen molar-refractivity contribution in [2.45, 2.75) is 0 Å². The fourth-order valence-corrected chi connectivity index (χ4v) is 1.38. The lowest BCUT2D eigenvalue weighted by atomic mass is 10.4. The van der Waals surface area contributed by atoms with Gasteiger partial charge in [0.2, 0.25) is 5.95 Å². The quantitative estimate of drug-likeness (QED) is 0.667. The molecule has 7 heteroatoms. The summed E-state index contributed by atoms with van der Waals surface area (Å²) in [4.78, 5) is 17.3. The van der Waals surface area contributed by atoms with E-state index in [-0.39, 0.29) is 5.95 Å². The van der Waals surface area contributed by atoms with Gasteiger partial charge in [-0.2, -0.15) is 9.97 Å². The Morgan fingerprint density at radius 1 is 1.44 bits per heavy atom. The first-order valence-corrected chi connectivity index (χ1v) is 5.02. The van der Waals surface area contributed by atoms with Crippen molar-refractivity contribution < 1.29 is 0 Å². The molecule has 0 aliphatic rings. The van der Waals surface area contributed by atoms with Crippen LogP contribution < -0.4 is 11.1 Å². The molecule has 86 valence electrons. The number of nitrogen functional groups attached to an aromatic ring is 1. The Morgan fingerprint density at radius 3 is 3.00 bits per heavy atom. The summed E-state index contributed by atoms with van der Waals surface area (Å²) < 4.78 is 0. The number of nitrogens with two attached hydrogens (primary N) is 1. The molecule has 0 spiro atoms. The lowest BCUT2D eigenvalue weighted by molar-refractivity contribution is 0.425. The van der Waals surface area contributed by atoms with Crippen molar-refractivity contribution in [3.63, 3.8) is 0 Å². The number of aromatic nitrogens is 4. The van der Waals surface area contributed by atoms with Crippen molar-refractivity contribution >= 4 is 22.9 Å². The van der Waals surface area contributed by atoms with E-state index in [0.29, 0.717) is 11.5 Å². The lowest BCUT2D eigenvalue weighted by Crippen LogP contribution is -2.21. The molecule has 0 aliphatic heterocycles. The molecule has 0 saturated heterocycles. The maximum Gasteiger partial charge on any atom is 0.224 e. The minimum Gasteiger partial charge on any atom is -0.368 e. The SMILES string of the molecule is CN(C)CCNc1nc(N)nc2nc[nH]c12. The second kappa shape index (κ2) is 4.31. The van der Waals surface area contributed by atoms with Crippen LogP contribution in [-0.2, 0) is 0 Å². The Balaban J connectivity index is 2.19. The number of anilines is 2. The summed E-state index contributed by atoms with van der Waals surface area (Å²) in [6, 6.07) is 0. The Morgan fingerprint density at radius 2 is 2.25 bits per heavy atom. The first-order chi connectivity index (χ1) is 7.66. The average molecular weight is 221 g/mol. The zero-order chi connectivity index (χ0) is 11.5. The topological polar surface area (TPSA) is 95.8 Å². The fraction of sp³-hybridized carbons (Fsp3) is 0.444. The summed E-state index contributed by atoms with van der Waals surface area (Å²) >= 11 is 0. The van der Waals surface area contributed by atoms with Crippen LogP contribution in [0.3, 0.4) is 0 Å². The van der Waals surface area contributed by atoms with Crippen molar-refractivity contribution in [3.8, 4) is 0 Å². The summed E-state index contributed by atoms with van der Waals surface area (Å²) in [5, 5.41) is 3.20. The van der Waals surface area contributed by atoms with Crippen LogP contribution >= 0.6 is 0 Å². The zero-order valence-electron chi connectivity index (χ0n) is 9.36. The first-order valence-electron chi connectivity index (χ1n) is 5.02. The molecular weight excluding hydrogens is 206 g/mol. The summed E-state index contributed by atoms with van der Waals surface area (Å²) in [6.07, 6.45) is 1.58. The van der Waals surface area contributed by atoms with Gasteiger partial charge < -0.3 is 20.9 Å². The van der Waals surface area contributed by atoms with Crippen molar-refractivity contribution in [2.24, 2.45) is 0 Å². The largest absolute Gasteiger partial charge is 0.368 e. The Hall–Kier alpha value is -1.89. The average Bonchev–Trinajstić information content (AvgIpc) is 2.64. The van der Waals surface area contributed by atoms with E-state index < -0.39 is 0 Å². The number of fused-ring (bicyclic) bond motifs is 1. The molecule has 0 bridgehead atoms. The van der Waals surface area contributed by atoms with E-state index in [1.165, 1.54) is 0 Å². The Labute approximate surface area is 93.1 Å². The number of hydrogen-bond donors (Lipinski definition) is 3. The predicted molar refractivity (Wildman–Crippen MR) is 63.1 cm³/mol. The highest BCUT2D eigenvalue weighted by Gasteiger charge is 2.07. The molecule has 0 saturated carbocycles. The standard InChI is InChI=1S/C9H15N7/c1-16(2)4-3-11-7-6-8(13-5-12-6)15-9(10)14-7/h5H,3-4H2,1-2H3,(H4,10,11,12,13,14,15). The summed E-state index contributed by atoms with van der Waals surface area (Å²) in [5.74, 6) is 0.925. The normalized spacial score (nSPS) is 11.2. The fourth-order valence-electron chi connectivity index (χ4n) is 1.38. The zero-order valence-corrected chi connectivity index (χ0v) is 9.36. The van der Waals surface area contributed by atoms with Gasteiger partial charge in [0, 0.05) is 13.1 Å². The van der Waals surface area contributed by atoms with Crippen LogP contribution in [0.5, 0.6) is 0 Å². The van der Waals surface area contributed by atoms with Gasteiger partial charge in [0.05, 0.1) is 6.33 Å². The molecule has 0 aliphatic carbocycles. The van der Waals surface area contributed by atoms with Crippen LogP contribution in [0.1, 0.15) is 0 Å². The molecule has 2 aromatic heterocycles. The third-order valence-corrected chi connectivity index (χ3v) is 2.15. The van der Waals surface area contributed by atoms with Crippen molar-refractivity contribution in [2.75, 3.05) is 38.2 Å². The number of likely N-dealkylation sites (N-methyl/N-ethyl adjacent to an activating group) is 1. The number of aromatic amines is 1. The number of nitrogens with zero attached hydrogens (tertiary/aromatic N) is 4. The highest BCUT2D eigenvalue weighted by atomic mass is 15.1. The van der Waals surface area contributed by atoms with E-state index in [9.17, 15) is 0 Å². The number of hydrogen-bond acceptors (Lipinski definition) is 6. The number of nitrogens with one attached hydrogen (secondary N) is 2. The maximum absolute atomic E-state index is 5.59. The number of imidazole rings is 1. The van der Waals surface area contributed by atoms with Gasteiger partial charge in [-0.3, -0.25) is 0 Å². The highest BCUT2D eigenvalue weighted by molar-refractivity contribution is 5.83. The highest BCUT2D eigenvalue weighted by Crippen LogP contribution is 2.16. The molecule has 0 atom stereocenters. The summed E-state index contributed by atoms with van der Waals surface area (Å²) in [7, 11) is 4.03. The molecule has 0 fully saturated rings. The molecule has 16 heavy (non-hydrogen) atoms. The minimum atomic E-state index is 0.229. The molecule has 2 rings (SSSR count). The molecule has 2 heterocycles. The molecule has 0 amide bonds. The van der Waals surface area contributed by atoms with Crippen LogP contribution in [-0.4, -0.2) is 52.0 Å². The van der Waals surface area contributed by atoms with Crippen LogP contribution in [0.2, 0.25) is 0 Å². The molecule has 2 aromatic rings. The van der Waals surface area contributed by atoms with Crippen LogP contribution in [0.15, 0.2) is 6.33 Å². The van der Waals surface area contributed by atoms with E-state index >= 15 is 0 Å². The number of rotatable bonds is 4. The maximum atomic E-state index is 5.59. The number of H-pyrrole nitrogens is 1. The molecule has 0 aromatic carbocycles. The molecule has 4 N–H and O–H groups in total. The molecule has 7 nitrogen and oxygen atoms in total. The van der Waals surface area contributed by atoms with E-state index in [4.69, 9.17) is 5.73 Å². The van der Waals surface area contributed by atoms with Crippen LogP contribution in [0.4, 0.5) is 11.8 Å². The predicted octanol–water partition coefficient (Wildman–Crippen LogP) is -0.0914. The molecular formula is C9H15N7. The van der Waals surface area contributed by atoms with Gasteiger partial charge >= 0.3 is 0 Å². The molecule has 0 radical (unpaired) electrons. The van der Waals surface area contributed by atoms with E-state index in [0.717, 1.165) is 18.6 Å². The Kier molecular flexibility index (Phi) is 2.86. The summed E-state index contributed by atoms with van der Waals surface area (Å²) in [6.45, 7) is 1.71. The van der Waals surface area contributed by atoms with Gasteiger partial charge in [0.1, 0.15) is 5.52 Å². The third-order valence-electron chi connectivity index (χ3n) is 2.15. The second-order valence-electron chi connectivity index (χ2n) is 3.76. The first kappa shape index (κ1) is 10.6. The van der Waals surface area contributed by atoms with Gasteiger partial charge in [0.15, 0.2) is 11.5 Å². The van der Waals surface area contributed by atoms with Crippen LogP contribution in [0.25, 0.3) is 11.2 Å². The van der Waals surface area contributed by atoms with Gasteiger partial charge in [-0.1, -0.05) is 0 Å². The van der Waals surface area contributed by atoms with Crippen molar-refractivity contribution in [3.05, 3.63) is 6.33 Å². The van der Waals surface area contributed by atoms with Crippen LogP contribution in [0, 0.1) is 0 Å². The lowest BCUT2D eigenvalue weighted by Gasteiger charge is -2.11. The van der Waals surface area contributed by atoms with E-state index in [2.05, 4.69) is 30.2 Å². The van der Waals surface area contributed by atoms with E-state index in [1.54, 1.807) is 6.33 Å². The minimum absolute atomic E-state index is 0.229. The van der Waals surface area contributed by atoms with Crippen molar-refractivity contribution in [1.82, 2.24) is 24.8 Å². The molecule has 0 unspecified atom stereocenters. The van der Waals surface area contributed by atoms with Gasteiger partial charge in [0.25, 0.3) is 0 Å². The monoisotopic (exact) mass is 221 g/mol. The third kappa shape index (κ3) is 2.19. The van der Waals surface area contributed by atoms with Gasteiger partial charge in [-0.25, -0.2) is 4.98 Å². The van der Waals surface area contributed by atoms with Gasteiger partial charge in [-0.05, 0) is 14.1 Å². The smallest absolute Gasteiger partial charge is 0.224 e. The second-order valence-corrected chi connectivity index (χ2v) is 3.76. The van der Waals surface area contributed by atoms with Gasteiger partial charge in [-0.15, -0.1) is 0 Å².